The van der Waals surface area contributed by atoms with E-state index in [0.717, 1.165) is 19.3 Å². The van der Waals surface area contributed by atoms with Gasteiger partial charge in [-0.3, -0.25) is 0 Å². The molecule has 3 nitrogen and oxygen atoms in total. The summed E-state index contributed by atoms with van der Waals surface area (Å²) in [6.45, 7) is 36.3. The van der Waals surface area contributed by atoms with Gasteiger partial charge in [0.05, 0.1) is 0 Å². The van der Waals surface area contributed by atoms with Crippen LogP contribution in [0, 0.1) is 28.8 Å². The van der Waals surface area contributed by atoms with Gasteiger partial charge in [-0.1, -0.05) is 0 Å². The van der Waals surface area contributed by atoms with Gasteiger partial charge >= 0.3 is 244 Å². The standard InChI is InChI=1S/3C10H19OSi.In/c3*1-7-8-9-11-12(5,6)10(2,3)4;/h3*8-9H2,2-6H3;. The Hall–Kier alpha value is 0.0808. The quantitative estimate of drug-likeness (QED) is 0.141. The van der Waals surface area contributed by atoms with Crippen LogP contribution >= 0.6 is 0 Å². The second-order valence-electron chi connectivity index (χ2n) is 14.5. The molecule has 0 saturated heterocycles. The SMILES string of the molecule is CC(C)(C)[Si](C)(C)OCCC#[C][In]([C]#CCCO[Si](C)(C)C(C)(C)C)[C]#CCCO[Si](C)(C)C(C)(C)C. The van der Waals surface area contributed by atoms with Crippen LogP contribution in [0.4, 0.5) is 0 Å². The Bertz CT molecular complexity index is 768. The molecule has 0 spiro atoms. The molecule has 0 aromatic carbocycles. The van der Waals surface area contributed by atoms with E-state index in [0.29, 0.717) is 19.8 Å². The predicted molar refractivity (Wildman–Crippen MR) is 172 cm³/mol. The molecule has 0 saturated carbocycles. The summed E-state index contributed by atoms with van der Waals surface area (Å²) in [4.78, 5) is 0. The molecule has 0 amide bonds. The maximum atomic E-state index is 6.28. The molecule has 210 valence electrons. The van der Waals surface area contributed by atoms with Crippen LogP contribution in [0.1, 0.15) is 81.6 Å². The molecule has 0 atom stereocenters. The van der Waals surface area contributed by atoms with E-state index in [9.17, 15) is 0 Å². The summed E-state index contributed by atoms with van der Waals surface area (Å²) >= 11 is -2.60. The molecule has 0 radical (unpaired) electrons. The molecule has 0 aliphatic carbocycles. The van der Waals surface area contributed by atoms with Crippen LogP contribution in [-0.4, -0.2) is 66.2 Å². The molecule has 7 heteroatoms. The third-order valence-corrected chi connectivity index (χ3v) is 26.1. The Morgan fingerprint density at radius 1 is 0.459 bits per heavy atom. The number of rotatable bonds is 9. The molecular weight excluding hydrogens is 607 g/mol. The zero-order valence-corrected chi connectivity index (χ0v) is 33.3. The Morgan fingerprint density at radius 3 is 0.865 bits per heavy atom. The van der Waals surface area contributed by atoms with Gasteiger partial charge in [0, 0.05) is 0 Å². The van der Waals surface area contributed by atoms with Crippen LogP contribution in [0.25, 0.3) is 0 Å². The van der Waals surface area contributed by atoms with Crippen LogP contribution in [-0.2, 0) is 13.3 Å². The summed E-state index contributed by atoms with van der Waals surface area (Å²) in [7, 11) is -5.19. The first-order valence-corrected chi connectivity index (χ1v) is 27.6. The molecule has 0 fully saturated rings. The summed E-state index contributed by atoms with van der Waals surface area (Å²) in [5, 5.41) is 0.661. The molecule has 0 aromatic rings. The van der Waals surface area contributed by atoms with Gasteiger partial charge in [-0.15, -0.1) is 0 Å². The fraction of sp³-hybridized carbons (Fsp3) is 0.800. The maximum absolute atomic E-state index is 6.28. The van der Waals surface area contributed by atoms with Crippen molar-refractivity contribution in [2.75, 3.05) is 19.8 Å². The van der Waals surface area contributed by atoms with Crippen molar-refractivity contribution in [3.05, 3.63) is 0 Å². The predicted octanol–water partition coefficient (Wildman–Crippen LogP) is 8.34. The Balaban J connectivity index is 5.17. The summed E-state index contributed by atoms with van der Waals surface area (Å²) in [6, 6.07) is 0. The molecule has 0 rings (SSSR count). The average molecular weight is 665 g/mol. The molecule has 0 bridgehead atoms. The van der Waals surface area contributed by atoms with Crippen molar-refractivity contribution in [3.8, 4) is 28.8 Å². The first-order valence-electron chi connectivity index (χ1n) is 13.9. The second kappa shape index (κ2) is 15.2. The van der Waals surface area contributed by atoms with E-state index >= 15 is 0 Å². The summed E-state index contributed by atoms with van der Waals surface area (Å²) in [5.74, 6) is 10.1. The monoisotopic (exact) mass is 664 g/mol. The number of hydrogen-bond donors (Lipinski definition) is 0. The van der Waals surface area contributed by atoms with Crippen molar-refractivity contribution in [3.63, 3.8) is 0 Å². The molecule has 0 aromatic heterocycles. The molecule has 0 N–H and O–H groups in total. The third-order valence-electron chi connectivity index (χ3n) is 8.23. The van der Waals surface area contributed by atoms with E-state index in [2.05, 4.69) is 130 Å². The van der Waals surface area contributed by atoms with Crippen molar-refractivity contribution in [2.24, 2.45) is 0 Å². The summed E-state index contributed by atoms with van der Waals surface area (Å²) < 4.78 is 29.3. The summed E-state index contributed by atoms with van der Waals surface area (Å²) in [5.41, 5.74) is 0. The minimum atomic E-state index is -2.60. The van der Waals surface area contributed by atoms with E-state index in [1.165, 1.54) is 0 Å². The van der Waals surface area contributed by atoms with Crippen molar-refractivity contribution in [2.45, 2.75) is 136 Å². The normalized spacial score (nSPS) is 13.1. The zero-order valence-electron chi connectivity index (χ0n) is 27.0. The van der Waals surface area contributed by atoms with Crippen molar-refractivity contribution < 1.29 is 13.3 Å². The summed E-state index contributed by atoms with van der Waals surface area (Å²) in [6.07, 6.45) is 2.27. The van der Waals surface area contributed by atoms with Crippen molar-refractivity contribution in [1.82, 2.24) is 0 Å². The topological polar surface area (TPSA) is 27.7 Å². The van der Waals surface area contributed by atoms with Gasteiger partial charge in [0.1, 0.15) is 0 Å². The van der Waals surface area contributed by atoms with Gasteiger partial charge in [-0.2, -0.15) is 0 Å². The van der Waals surface area contributed by atoms with Crippen molar-refractivity contribution in [1.29, 1.82) is 0 Å². The Labute approximate surface area is 242 Å². The van der Waals surface area contributed by atoms with Crippen LogP contribution < -0.4 is 0 Å². The van der Waals surface area contributed by atoms with E-state index in [1.807, 2.05) is 0 Å². The van der Waals surface area contributed by atoms with Gasteiger partial charge in [0.15, 0.2) is 0 Å². The van der Waals surface area contributed by atoms with Gasteiger partial charge in [-0.05, 0) is 0 Å². The van der Waals surface area contributed by atoms with Gasteiger partial charge in [0.2, 0.25) is 0 Å². The van der Waals surface area contributed by atoms with E-state index in [1.54, 1.807) is 0 Å². The second-order valence-corrected chi connectivity index (χ2v) is 33.8. The Morgan fingerprint density at radius 2 is 0.676 bits per heavy atom. The fourth-order valence-corrected chi connectivity index (χ4v) is 9.09. The van der Waals surface area contributed by atoms with Crippen LogP contribution in [0.5, 0.6) is 0 Å². The van der Waals surface area contributed by atoms with Crippen molar-refractivity contribution >= 4 is 46.4 Å². The molecular formula is C30H57InO3Si3. The Kier molecular flexibility index (Phi) is 15.2. The first kappa shape index (κ1) is 37.1. The molecule has 0 aliphatic heterocycles. The van der Waals surface area contributed by atoms with Gasteiger partial charge < -0.3 is 0 Å². The minimum absolute atomic E-state index is 0.220. The van der Waals surface area contributed by atoms with E-state index in [-0.39, 0.29) is 15.1 Å². The molecule has 0 unspecified atom stereocenters. The van der Waals surface area contributed by atoms with Gasteiger partial charge in [-0.25, -0.2) is 0 Å². The van der Waals surface area contributed by atoms with Gasteiger partial charge in [0.25, 0.3) is 0 Å². The third kappa shape index (κ3) is 14.3. The van der Waals surface area contributed by atoms with E-state index < -0.39 is 46.4 Å². The van der Waals surface area contributed by atoms with Crippen LogP contribution in [0.3, 0.4) is 0 Å². The van der Waals surface area contributed by atoms with Crippen LogP contribution in [0.2, 0.25) is 54.4 Å². The zero-order chi connectivity index (χ0) is 29.2. The van der Waals surface area contributed by atoms with Crippen LogP contribution in [0.15, 0.2) is 0 Å². The fourth-order valence-electron chi connectivity index (χ4n) is 2.35. The van der Waals surface area contributed by atoms with E-state index in [4.69, 9.17) is 13.3 Å². The molecule has 0 heterocycles. The molecule has 0 aliphatic rings. The number of hydrogen-bond acceptors (Lipinski definition) is 3. The first-order chi connectivity index (χ1) is 16.5. The average Bonchev–Trinajstić information content (AvgIpc) is 2.69. The molecule has 37 heavy (non-hydrogen) atoms.